The molecule has 0 N–H and O–H groups in total. The molecule has 0 saturated heterocycles. The summed E-state index contributed by atoms with van der Waals surface area (Å²) in [5.74, 6) is -0.321. The Hall–Kier alpha value is -2.70. The minimum atomic E-state index is -2.96. The van der Waals surface area contributed by atoms with Crippen LogP contribution in [0.3, 0.4) is 0 Å². The van der Waals surface area contributed by atoms with E-state index in [0.29, 0.717) is 5.56 Å². The number of rotatable bonds is 7. The smallest absolute Gasteiger partial charge is 0.387 e. The maximum atomic E-state index is 12.3. The summed E-state index contributed by atoms with van der Waals surface area (Å²) in [6.45, 7) is 1.68. The van der Waals surface area contributed by atoms with Crippen LogP contribution in [0.4, 0.5) is 8.78 Å². The van der Waals surface area contributed by atoms with E-state index >= 15 is 0 Å². The molecule has 24 heavy (non-hydrogen) atoms. The molecule has 0 fully saturated rings. The van der Waals surface area contributed by atoms with Crippen LogP contribution in [-0.4, -0.2) is 29.3 Å². The van der Waals surface area contributed by atoms with Gasteiger partial charge in [0.15, 0.2) is 17.3 Å². The number of carbonyl (C=O) groups excluding carboxylic acids is 1. The number of allylic oxidation sites excluding steroid dienone is 1. The van der Waals surface area contributed by atoms with Gasteiger partial charge in [0.1, 0.15) is 0 Å². The molecular formula is C17H18F2N2O3. The van der Waals surface area contributed by atoms with Crippen LogP contribution in [0.5, 0.6) is 11.5 Å². The highest BCUT2D eigenvalue weighted by molar-refractivity contribution is 6.07. The number of halogens is 2. The van der Waals surface area contributed by atoms with Crippen molar-refractivity contribution in [2.24, 2.45) is 0 Å². The van der Waals surface area contributed by atoms with Crippen LogP contribution in [0.25, 0.3) is 6.08 Å². The Kier molecular flexibility index (Phi) is 5.68. The van der Waals surface area contributed by atoms with Gasteiger partial charge >= 0.3 is 6.61 Å². The van der Waals surface area contributed by atoms with Crippen molar-refractivity contribution < 1.29 is 23.0 Å². The normalized spacial score (nSPS) is 11.2. The van der Waals surface area contributed by atoms with E-state index in [4.69, 9.17) is 4.74 Å². The number of ketones is 1. The number of benzene rings is 1. The van der Waals surface area contributed by atoms with E-state index in [1.165, 1.54) is 31.4 Å². The highest BCUT2D eigenvalue weighted by Gasteiger charge is 2.13. The second-order valence-corrected chi connectivity index (χ2v) is 4.94. The third kappa shape index (κ3) is 3.98. The van der Waals surface area contributed by atoms with Crippen LogP contribution < -0.4 is 9.47 Å². The van der Waals surface area contributed by atoms with Gasteiger partial charge in [-0.15, -0.1) is 0 Å². The molecule has 128 valence electrons. The van der Waals surface area contributed by atoms with Gasteiger partial charge in [0.05, 0.1) is 13.3 Å². The third-order valence-electron chi connectivity index (χ3n) is 3.52. The van der Waals surface area contributed by atoms with Gasteiger partial charge < -0.3 is 9.47 Å². The van der Waals surface area contributed by atoms with Crippen LogP contribution in [0.1, 0.15) is 28.5 Å². The van der Waals surface area contributed by atoms with Gasteiger partial charge in [-0.05, 0) is 44.2 Å². The second-order valence-electron chi connectivity index (χ2n) is 4.94. The molecule has 7 heteroatoms. The molecule has 0 radical (unpaired) electrons. The molecule has 0 atom stereocenters. The van der Waals surface area contributed by atoms with Crippen molar-refractivity contribution in [1.82, 2.24) is 9.78 Å². The number of carbonyl (C=O) groups is 1. The first kappa shape index (κ1) is 17.7. The lowest BCUT2D eigenvalue weighted by Crippen LogP contribution is -2.04. The SMILES string of the molecule is CCn1ncc(/C=C/C(=O)c2ccc(OC(F)F)c(OC)c2)c1C. The number of aryl methyl sites for hydroxylation is 1. The molecule has 0 aliphatic carbocycles. The maximum absolute atomic E-state index is 12.3. The van der Waals surface area contributed by atoms with E-state index in [0.717, 1.165) is 17.8 Å². The quantitative estimate of drug-likeness (QED) is 0.571. The predicted octanol–water partition coefficient (Wildman–Crippen LogP) is 3.72. The Balaban J connectivity index is 2.20. The van der Waals surface area contributed by atoms with E-state index in [-0.39, 0.29) is 17.3 Å². The monoisotopic (exact) mass is 336 g/mol. The lowest BCUT2D eigenvalue weighted by atomic mass is 10.1. The number of hydrogen-bond donors (Lipinski definition) is 0. The largest absolute Gasteiger partial charge is 0.493 e. The summed E-state index contributed by atoms with van der Waals surface area (Å²) in [6, 6.07) is 4.06. The zero-order valence-electron chi connectivity index (χ0n) is 13.6. The Morgan fingerprint density at radius 1 is 1.38 bits per heavy atom. The fraction of sp³-hybridized carbons (Fsp3) is 0.294. The van der Waals surface area contributed by atoms with Crippen LogP contribution in [-0.2, 0) is 6.54 Å². The highest BCUT2D eigenvalue weighted by atomic mass is 19.3. The van der Waals surface area contributed by atoms with Gasteiger partial charge in [0.25, 0.3) is 0 Å². The molecule has 0 aliphatic heterocycles. The minimum absolute atomic E-state index is 0.0736. The molecule has 2 rings (SSSR count). The van der Waals surface area contributed by atoms with Crippen molar-refractivity contribution in [3.63, 3.8) is 0 Å². The lowest BCUT2D eigenvalue weighted by molar-refractivity contribution is -0.0512. The van der Waals surface area contributed by atoms with Gasteiger partial charge in [-0.2, -0.15) is 13.9 Å². The average Bonchev–Trinajstić information content (AvgIpc) is 2.92. The number of ether oxygens (including phenoxy) is 2. The van der Waals surface area contributed by atoms with Crippen molar-refractivity contribution in [1.29, 1.82) is 0 Å². The molecule has 5 nitrogen and oxygen atoms in total. The second kappa shape index (κ2) is 7.72. The first-order valence-corrected chi connectivity index (χ1v) is 7.34. The van der Waals surface area contributed by atoms with Crippen LogP contribution in [0.15, 0.2) is 30.5 Å². The van der Waals surface area contributed by atoms with Crippen molar-refractivity contribution in [3.8, 4) is 11.5 Å². The van der Waals surface area contributed by atoms with Gasteiger partial charge in [-0.25, -0.2) is 0 Å². The molecule has 0 aliphatic rings. The molecule has 1 aromatic carbocycles. The summed E-state index contributed by atoms with van der Waals surface area (Å²) in [4.78, 5) is 12.2. The Bertz CT molecular complexity index is 754. The zero-order valence-corrected chi connectivity index (χ0v) is 13.6. The summed E-state index contributed by atoms with van der Waals surface area (Å²) in [6.07, 6.45) is 4.77. The summed E-state index contributed by atoms with van der Waals surface area (Å²) in [7, 11) is 1.32. The highest BCUT2D eigenvalue weighted by Crippen LogP contribution is 2.29. The number of aromatic nitrogens is 2. The molecule has 1 aromatic heterocycles. The molecule has 0 bridgehead atoms. The average molecular weight is 336 g/mol. The minimum Gasteiger partial charge on any atom is -0.493 e. The molecule has 0 unspecified atom stereocenters. The maximum Gasteiger partial charge on any atom is 0.387 e. The van der Waals surface area contributed by atoms with Crippen LogP contribution in [0.2, 0.25) is 0 Å². The lowest BCUT2D eigenvalue weighted by Gasteiger charge is -2.10. The fourth-order valence-corrected chi connectivity index (χ4v) is 2.22. The summed E-state index contributed by atoms with van der Waals surface area (Å²) in [5.41, 5.74) is 2.11. The Morgan fingerprint density at radius 2 is 2.12 bits per heavy atom. The third-order valence-corrected chi connectivity index (χ3v) is 3.52. The molecule has 0 spiro atoms. The van der Waals surface area contributed by atoms with Crippen LogP contribution in [0, 0.1) is 6.92 Å². The summed E-state index contributed by atoms with van der Waals surface area (Å²) < 4.78 is 35.8. The van der Waals surface area contributed by atoms with Crippen molar-refractivity contribution in [2.75, 3.05) is 7.11 Å². The first-order chi connectivity index (χ1) is 11.5. The molecular weight excluding hydrogens is 318 g/mol. The van der Waals surface area contributed by atoms with E-state index in [1.807, 2.05) is 18.5 Å². The number of nitrogens with zero attached hydrogens (tertiary/aromatic N) is 2. The number of alkyl halides is 2. The zero-order chi connectivity index (χ0) is 17.7. The standard InChI is InChI=1S/C17H18F2N2O3/c1-4-21-11(2)13(10-20-21)5-7-14(22)12-6-8-15(24-17(18)19)16(9-12)23-3/h5-10,17H,4H2,1-3H3/b7-5+. The number of hydrogen-bond acceptors (Lipinski definition) is 4. The van der Waals surface area contributed by atoms with Gasteiger partial charge in [-0.3, -0.25) is 9.48 Å². The Morgan fingerprint density at radius 3 is 2.71 bits per heavy atom. The van der Waals surface area contributed by atoms with Crippen molar-refractivity contribution in [2.45, 2.75) is 27.0 Å². The fourth-order valence-electron chi connectivity index (χ4n) is 2.22. The van der Waals surface area contributed by atoms with Crippen LogP contribution >= 0.6 is 0 Å². The van der Waals surface area contributed by atoms with Crippen molar-refractivity contribution >= 4 is 11.9 Å². The molecule has 1 heterocycles. The van der Waals surface area contributed by atoms with E-state index in [1.54, 1.807) is 12.3 Å². The van der Waals surface area contributed by atoms with E-state index in [2.05, 4.69) is 9.84 Å². The van der Waals surface area contributed by atoms with Gasteiger partial charge in [0.2, 0.25) is 0 Å². The van der Waals surface area contributed by atoms with Crippen molar-refractivity contribution in [3.05, 3.63) is 47.3 Å². The number of methoxy groups -OCH3 is 1. The summed E-state index contributed by atoms with van der Waals surface area (Å²) >= 11 is 0. The first-order valence-electron chi connectivity index (χ1n) is 7.34. The van der Waals surface area contributed by atoms with Gasteiger partial charge in [-0.1, -0.05) is 0 Å². The molecule has 0 amide bonds. The van der Waals surface area contributed by atoms with Gasteiger partial charge in [0, 0.05) is 23.4 Å². The van der Waals surface area contributed by atoms with E-state index in [9.17, 15) is 13.6 Å². The topological polar surface area (TPSA) is 53.4 Å². The van der Waals surface area contributed by atoms with E-state index < -0.39 is 6.61 Å². The summed E-state index contributed by atoms with van der Waals surface area (Å²) in [5, 5.41) is 4.20. The molecule has 0 saturated carbocycles. The molecule has 2 aromatic rings. The Labute approximate surface area is 138 Å². The predicted molar refractivity (Wildman–Crippen MR) is 85.6 cm³/mol.